The SMILES string of the molecule is C=C(C)[C@@H]1CC[C@]2(C(=O)O)CC[C@]3(C)[C@H](CC[C@@H]4[C@@]5(C)CC[C@@](O)(c6cn(C[C@@H](Cc7ccccc7)NC(=O)C(C)(C)N(Cc7ccc(OC)cc7OC)C(=O)CC(CO)NC(=O)OC(C)(C)C)nn6)C(C)(C)[C@@H]5CC[C@]43C)[C@@H]12. The molecule has 3 aromatic rings. The maximum Gasteiger partial charge on any atom is 0.407 e. The Morgan fingerprint density at radius 3 is 2.19 bits per heavy atom. The molecule has 0 saturated heterocycles. The van der Waals surface area contributed by atoms with Crippen LogP contribution in [0.3, 0.4) is 0 Å². The van der Waals surface area contributed by atoms with E-state index < -0.39 is 70.1 Å². The first-order chi connectivity index (χ1) is 36.9. The number of carbonyl (C=O) groups excluding carboxylic acids is 3. The van der Waals surface area contributed by atoms with Gasteiger partial charge in [-0.15, -0.1) is 5.10 Å². The summed E-state index contributed by atoms with van der Waals surface area (Å²) in [6.07, 6.45) is 9.76. The van der Waals surface area contributed by atoms with E-state index in [1.165, 1.54) is 12.0 Å². The Balaban J connectivity index is 1.04. The van der Waals surface area contributed by atoms with E-state index in [0.717, 1.165) is 68.9 Å². The second-order valence-electron chi connectivity index (χ2n) is 27.4. The molecule has 1 heterocycles. The van der Waals surface area contributed by atoms with Gasteiger partial charge in [-0.05, 0) is 176 Å². The fourth-order valence-corrected chi connectivity index (χ4v) is 17.0. The third-order valence-corrected chi connectivity index (χ3v) is 21.5. The molecule has 1 aromatic heterocycles. The van der Waals surface area contributed by atoms with Crippen LogP contribution in [0.15, 0.2) is 66.9 Å². The number of methoxy groups -OCH3 is 2. The van der Waals surface area contributed by atoms with Crippen molar-refractivity contribution in [1.82, 2.24) is 30.5 Å². The van der Waals surface area contributed by atoms with Crippen LogP contribution in [0, 0.1) is 56.7 Å². The molecule has 434 valence electrons. The highest BCUT2D eigenvalue weighted by molar-refractivity contribution is 5.91. The number of nitrogens with zero attached hydrogens (tertiary/aromatic N) is 4. The van der Waals surface area contributed by atoms with E-state index in [4.69, 9.17) is 19.3 Å². The largest absolute Gasteiger partial charge is 0.497 e. The highest BCUT2D eigenvalue weighted by Gasteiger charge is 2.73. The highest BCUT2D eigenvalue weighted by Crippen LogP contribution is 2.78. The number of aliphatic hydroxyl groups excluding tert-OH is 1. The van der Waals surface area contributed by atoms with Crippen molar-refractivity contribution < 1.29 is 48.7 Å². The number of benzene rings is 2. The summed E-state index contributed by atoms with van der Waals surface area (Å²) in [5.41, 5.74) is -1.79. The number of hydrogen-bond acceptors (Lipinski definition) is 11. The number of rotatable bonds is 18. The van der Waals surface area contributed by atoms with Gasteiger partial charge in [0.1, 0.15) is 33.9 Å². The number of aliphatic hydroxyl groups is 2. The molecule has 0 spiro atoms. The fraction of sp³-hybridized carbons (Fsp3) is 0.683. The third-order valence-electron chi connectivity index (χ3n) is 21.5. The lowest BCUT2D eigenvalue weighted by atomic mass is 9.31. The van der Waals surface area contributed by atoms with Gasteiger partial charge in [-0.1, -0.05) is 82.3 Å². The van der Waals surface area contributed by atoms with Crippen LogP contribution in [0.1, 0.15) is 164 Å². The van der Waals surface area contributed by atoms with Gasteiger partial charge in [-0.2, -0.15) is 0 Å². The number of nitrogens with one attached hydrogen (secondary N) is 2. The van der Waals surface area contributed by atoms with E-state index in [-0.39, 0.29) is 53.5 Å². The molecular formula is C63H92N6O10. The zero-order chi connectivity index (χ0) is 57.9. The molecule has 5 aliphatic rings. The number of hydrogen-bond donors (Lipinski definition) is 5. The maximum absolute atomic E-state index is 15.0. The van der Waals surface area contributed by atoms with Crippen LogP contribution in [-0.2, 0) is 44.2 Å². The van der Waals surface area contributed by atoms with Crippen LogP contribution >= 0.6 is 0 Å². The first kappa shape index (κ1) is 59.6. The van der Waals surface area contributed by atoms with Crippen molar-refractivity contribution in [2.24, 2.45) is 56.7 Å². The van der Waals surface area contributed by atoms with E-state index in [9.17, 15) is 29.7 Å². The van der Waals surface area contributed by atoms with E-state index in [1.807, 2.05) is 36.5 Å². The van der Waals surface area contributed by atoms with E-state index >= 15 is 4.79 Å². The molecule has 16 nitrogen and oxygen atoms in total. The average molecular weight is 1090 g/mol. The molecule has 0 aliphatic heterocycles. The van der Waals surface area contributed by atoms with Gasteiger partial charge in [0, 0.05) is 23.5 Å². The quantitative estimate of drug-likeness (QED) is 0.0753. The molecule has 0 bridgehead atoms. The number of ether oxygens (including phenoxy) is 3. The molecular weight excluding hydrogens is 1000 g/mol. The predicted octanol–water partition coefficient (Wildman–Crippen LogP) is 10.0. The van der Waals surface area contributed by atoms with Crippen molar-refractivity contribution in [1.29, 1.82) is 0 Å². The van der Waals surface area contributed by atoms with Crippen molar-refractivity contribution >= 4 is 23.9 Å². The molecule has 5 aliphatic carbocycles. The van der Waals surface area contributed by atoms with Crippen molar-refractivity contribution in [3.63, 3.8) is 0 Å². The van der Waals surface area contributed by atoms with Crippen LogP contribution in [0.25, 0.3) is 0 Å². The predicted molar refractivity (Wildman–Crippen MR) is 302 cm³/mol. The Morgan fingerprint density at radius 1 is 0.848 bits per heavy atom. The Morgan fingerprint density at radius 2 is 1.56 bits per heavy atom. The molecule has 2 aromatic carbocycles. The zero-order valence-corrected chi connectivity index (χ0v) is 49.5. The Bertz CT molecular complexity index is 2750. The van der Waals surface area contributed by atoms with Crippen LogP contribution in [0.4, 0.5) is 4.79 Å². The monoisotopic (exact) mass is 1090 g/mol. The van der Waals surface area contributed by atoms with Gasteiger partial charge in [0.25, 0.3) is 0 Å². The summed E-state index contributed by atoms with van der Waals surface area (Å²) in [6, 6.07) is 13.4. The van der Waals surface area contributed by atoms with Gasteiger partial charge in [0.15, 0.2) is 0 Å². The molecule has 79 heavy (non-hydrogen) atoms. The normalized spacial score (nSPS) is 31.7. The van der Waals surface area contributed by atoms with Gasteiger partial charge in [0.2, 0.25) is 11.8 Å². The smallest absolute Gasteiger partial charge is 0.407 e. The number of allylic oxidation sites excluding steroid dienone is 1. The lowest BCUT2D eigenvalue weighted by molar-refractivity contribution is -0.268. The molecule has 8 rings (SSSR count). The van der Waals surface area contributed by atoms with Crippen molar-refractivity contribution in [3.8, 4) is 11.5 Å². The van der Waals surface area contributed by atoms with Crippen LogP contribution < -0.4 is 20.1 Å². The van der Waals surface area contributed by atoms with E-state index in [1.54, 1.807) is 64.6 Å². The zero-order valence-electron chi connectivity index (χ0n) is 49.5. The molecule has 5 saturated carbocycles. The Labute approximate surface area is 469 Å². The summed E-state index contributed by atoms with van der Waals surface area (Å²) in [5, 5.41) is 49.8. The van der Waals surface area contributed by atoms with Crippen LogP contribution in [0.2, 0.25) is 0 Å². The Kier molecular flexibility index (Phi) is 16.4. The molecule has 3 amide bonds. The van der Waals surface area contributed by atoms with Crippen LogP contribution in [-0.4, -0.2) is 103 Å². The van der Waals surface area contributed by atoms with Gasteiger partial charge in [0.05, 0.1) is 57.6 Å². The summed E-state index contributed by atoms with van der Waals surface area (Å²) < 4.78 is 18.3. The molecule has 16 heteroatoms. The molecule has 5 N–H and O–H groups in total. The van der Waals surface area contributed by atoms with E-state index in [0.29, 0.717) is 47.4 Å². The lowest BCUT2D eigenvalue weighted by Gasteiger charge is -2.73. The third kappa shape index (κ3) is 10.6. The molecule has 1 unspecified atom stereocenters. The highest BCUT2D eigenvalue weighted by atomic mass is 16.6. The number of alkyl carbamates (subject to hydrolysis) is 1. The molecule has 5 fully saturated rings. The fourth-order valence-electron chi connectivity index (χ4n) is 17.0. The van der Waals surface area contributed by atoms with Crippen molar-refractivity contribution in [3.05, 3.63) is 83.7 Å². The number of aromatic nitrogens is 3. The second-order valence-corrected chi connectivity index (χ2v) is 27.4. The van der Waals surface area contributed by atoms with Crippen LogP contribution in [0.5, 0.6) is 11.5 Å². The number of fused-ring (bicyclic) bond motifs is 7. The summed E-state index contributed by atoms with van der Waals surface area (Å²) in [4.78, 5) is 57.2. The maximum atomic E-state index is 15.0. The Hall–Kier alpha value is -5.48. The number of aliphatic carboxylic acids is 1. The summed E-state index contributed by atoms with van der Waals surface area (Å²) in [7, 11) is 3.06. The first-order valence-corrected chi connectivity index (χ1v) is 28.9. The first-order valence-electron chi connectivity index (χ1n) is 28.9. The second kappa shape index (κ2) is 21.8. The number of carboxylic acid groups (broad SMARTS) is 1. The van der Waals surface area contributed by atoms with E-state index in [2.05, 4.69) is 64.0 Å². The van der Waals surface area contributed by atoms with Crippen molar-refractivity contribution in [2.75, 3.05) is 20.8 Å². The van der Waals surface area contributed by atoms with Crippen molar-refractivity contribution in [2.45, 2.75) is 195 Å². The molecule has 0 radical (unpaired) electrons. The van der Waals surface area contributed by atoms with Gasteiger partial charge in [-0.25, -0.2) is 4.79 Å². The van der Waals surface area contributed by atoms with Gasteiger partial charge >= 0.3 is 12.1 Å². The minimum absolute atomic E-state index is 0.00315. The number of amides is 3. The number of carbonyl (C=O) groups is 4. The lowest BCUT2D eigenvalue weighted by Crippen LogP contribution is -2.68. The topological polar surface area (TPSA) is 215 Å². The van der Waals surface area contributed by atoms with Gasteiger partial charge < -0.3 is 45.1 Å². The standard InChI is InChI=1S/C63H92N6O10/c1-39(2)45-24-27-62(54(73)74)30-29-60(11)46(52(45)62)22-23-49-59(10)28-31-63(76,57(6,7)48(59)25-26-61(49,60)12)50-37-68(67-66-50)36-42(32-40-18-16-15-17-19-40)64-53(72)58(8,9)69(35-41-20-21-44(77-13)34-47(41)78-14)51(71)33-43(38-70)65-55(75)79-56(3,4)5/h15-21,34,37,42-43,45-46,48-49,52,70,76H,1,22-33,35-36,38H2,2-14H3,(H,64,72)(H,65,75)(H,73,74)/t42-,43?,45+,46-,48+,49-,52-,59+,60-,61-,62+,63-/m1/s1. The summed E-state index contributed by atoms with van der Waals surface area (Å²) in [6.45, 7) is 26.6. The minimum Gasteiger partial charge on any atom is -0.497 e. The summed E-state index contributed by atoms with van der Waals surface area (Å²) >= 11 is 0. The number of carboxylic acids is 1. The van der Waals surface area contributed by atoms with Gasteiger partial charge in [-0.3, -0.25) is 19.1 Å². The molecule has 12 atom stereocenters. The average Bonchev–Trinajstić information content (AvgIpc) is 4.25. The summed E-state index contributed by atoms with van der Waals surface area (Å²) in [5.74, 6) is 0.633. The minimum atomic E-state index is -1.51.